The molecule has 2 bridgehead atoms. The summed E-state index contributed by atoms with van der Waals surface area (Å²) in [4.78, 5) is 29.8. The predicted molar refractivity (Wildman–Crippen MR) is 95.8 cm³/mol. The van der Waals surface area contributed by atoms with Crippen LogP contribution >= 0.6 is 0 Å². The topological polar surface area (TPSA) is 52.7 Å². The van der Waals surface area contributed by atoms with E-state index in [0.717, 1.165) is 37.9 Å². The molecule has 4 unspecified atom stereocenters. The number of likely N-dealkylation sites (tertiary alicyclic amines) is 1. The third-order valence-corrected chi connectivity index (χ3v) is 6.17. The SMILES string of the molecule is CC(c1ccccc1)N1CC(C(=O)N2C3CCNCC2CC3)CC1=O. The summed E-state index contributed by atoms with van der Waals surface area (Å²) < 4.78 is 0. The molecule has 3 fully saturated rings. The van der Waals surface area contributed by atoms with E-state index in [2.05, 4.69) is 17.1 Å². The Bertz CT molecular complexity index is 634. The average molecular weight is 341 g/mol. The van der Waals surface area contributed by atoms with Crippen LogP contribution in [-0.4, -0.2) is 53.3 Å². The lowest BCUT2D eigenvalue weighted by molar-refractivity contribution is -0.138. The van der Waals surface area contributed by atoms with Gasteiger partial charge in [-0.2, -0.15) is 0 Å². The summed E-state index contributed by atoms with van der Waals surface area (Å²) in [5.74, 6) is 0.127. The summed E-state index contributed by atoms with van der Waals surface area (Å²) >= 11 is 0. The summed E-state index contributed by atoms with van der Waals surface area (Å²) in [6.45, 7) is 4.50. The van der Waals surface area contributed by atoms with Gasteiger partial charge in [-0.25, -0.2) is 0 Å². The summed E-state index contributed by atoms with van der Waals surface area (Å²) in [6.07, 6.45) is 3.60. The quantitative estimate of drug-likeness (QED) is 0.914. The van der Waals surface area contributed by atoms with Crippen LogP contribution in [0.2, 0.25) is 0 Å². The smallest absolute Gasteiger partial charge is 0.228 e. The summed E-state index contributed by atoms with van der Waals surface area (Å²) in [5.41, 5.74) is 1.13. The number of fused-ring (bicyclic) bond motifs is 2. The van der Waals surface area contributed by atoms with Crippen molar-refractivity contribution < 1.29 is 9.59 Å². The van der Waals surface area contributed by atoms with Crippen LogP contribution in [0.3, 0.4) is 0 Å². The van der Waals surface area contributed by atoms with Gasteiger partial charge in [-0.3, -0.25) is 9.59 Å². The molecule has 5 nitrogen and oxygen atoms in total. The first-order chi connectivity index (χ1) is 12.1. The number of hydrogen-bond donors (Lipinski definition) is 1. The molecule has 4 atom stereocenters. The molecule has 4 rings (SSSR count). The Labute approximate surface area is 149 Å². The molecule has 1 aromatic carbocycles. The Morgan fingerprint density at radius 1 is 1.16 bits per heavy atom. The molecule has 1 aromatic rings. The van der Waals surface area contributed by atoms with Crippen molar-refractivity contribution in [1.82, 2.24) is 15.1 Å². The third-order valence-electron chi connectivity index (χ3n) is 6.17. The van der Waals surface area contributed by atoms with Gasteiger partial charge in [-0.05, 0) is 38.3 Å². The molecular weight excluding hydrogens is 314 g/mol. The summed E-state index contributed by atoms with van der Waals surface area (Å²) in [5, 5.41) is 3.44. The van der Waals surface area contributed by atoms with Crippen LogP contribution in [0.4, 0.5) is 0 Å². The maximum atomic E-state index is 13.2. The lowest BCUT2D eigenvalue weighted by atomic mass is 10.0. The Balaban J connectivity index is 1.47. The number of amides is 2. The highest BCUT2D eigenvalue weighted by molar-refractivity contribution is 5.90. The molecule has 2 amide bonds. The minimum absolute atomic E-state index is 0.0222. The Kier molecular flexibility index (Phi) is 4.50. The van der Waals surface area contributed by atoms with E-state index >= 15 is 0 Å². The van der Waals surface area contributed by atoms with Crippen LogP contribution in [0.5, 0.6) is 0 Å². The van der Waals surface area contributed by atoms with E-state index in [1.165, 1.54) is 0 Å². The molecule has 5 heteroatoms. The zero-order chi connectivity index (χ0) is 17.4. The number of carbonyl (C=O) groups is 2. The van der Waals surface area contributed by atoms with Crippen LogP contribution in [0, 0.1) is 5.92 Å². The maximum absolute atomic E-state index is 13.2. The van der Waals surface area contributed by atoms with Crippen LogP contribution in [0.1, 0.15) is 44.2 Å². The fourth-order valence-electron chi connectivity index (χ4n) is 4.74. The molecular formula is C20H27N3O2. The standard InChI is InChI=1S/C20H27N3O2/c1-14(15-5-3-2-4-6-15)22-13-16(11-19(22)24)20(25)23-17-7-8-18(23)12-21-10-9-17/h2-6,14,16-18,21H,7-13H2,1H3. The molecule has 0 spiro atoms. The Morgan fingerprint density at radius 3 is 2.72 bits per heavy atom. The average Bonchev–Trinajstić information content (AvgIpc) is 3.13. The number of nitrogens with zero attached hydrogens (tertiary/aromatic N) is 2. The van der Waals surface area contributed by atoms with Gasteiger partial charge in [0.1, 0.15) is 0 Å². The first kappa shape index (κ1) is 16.6. The van der Waals surface area contributed by atoms with Crippen molar-refractivity contribution in [2.75, 3.05) is 19.6 Å². The number of hydrogen-bond acceptors (Lipinski definition) is 3. The summed E-state index contributed by atoms with van der Waals surface area (Å²) in [6, 6.07) is 10.8. The molecule has 0 aromatic heterocycles. The van der Waals surface area contributed by atoms with Crippen molar-refractivity contribution in [3.8, 4) is 0 Å². The molecule has 3 saturated heterocycles. The highest BCUT2D eigenvalue weighted by Crippen LogP contribution is 2.34. The molecule has 0 saturated carbocycles. The highest BCUT2D eigenvalue weighted by atomic mass is 16.2. The van der Waals surface area contributed by atoms with Gasteiger partial charge in [-0.15, -0.1) is 0 Å². The zero-order valence-electron chi connectivity index (χ0n) is 14.9. The normalized spacial score (nSPS) is 30.4. The van der Waals surface area contributed by atoms with Gasteiger partial charge in [0.15, 0.2) is 0 Å². The van der Waals surface area contributed by atoms with Gasteiger partial charge >= 0.3 is 0 Å². The van der Waals surface area contributed by atoms with E-state index in [0.29, 0.717) is 25.0 Å². The molecule has 25 heavy (non-hydrogen) atoms. The van der Waals surface area contributed by atoms with Crippen molar-refractivity contribution in [3.05, 3.63) is 35.9 Å². The molecule has 0 radical (unpaired) electrons. The Hall–Kier alpha value is -1.88. The van der Waals surface area contributed by atoms with Crippen molar-refractivity contribution in [3.63, 3.8) is 0 Å². The molecule has 1 N–H and O–H groups in total. The van der Waals surface area contributed by atoms with Crippen molar-refractivity contribution in [1.29, 1.82) is 0 Å². The maximum Gasteiger partial charge on any atom is 0.228 e. The van der Waals surface area contributed by atoms with Crippen LogP contribution in [0.15, 0.2) is 30.3 Å². The van der Waals surface area contributed by atoms with E-state index in [4.69, 9.17) is 0 Å². The molecule has 134 valence electrons. The van der Waals surface area contributed by atoms with E-state index in [9.17, 15) is 9.59 Å². The number of rotatable bonds is 3. The zero-order valence-corrected chi connectivity index (χ0v) is 14.9. The van der Waals surface area contributed by atoms with Crippen LogP contribution in [0.25, 0.3) is 0 Å². The van der Waals surface area contributed by atoms with E-state index in [1.807, 2.05) is 35.2 Å². The van der Waals surface area contributed by atoms with Gasteiger partial charge in [0, 0.05) is 31.6 Å². The van der Waals surface area contributed by atoms with Gasteiger partial charge in [-0.1, -0.05) is 30.3 Å². The van der Waals surface area contributed by atoms with E-state index in [1.54, 1.807) is 0 Å². The highest BCUT2D eigenvalue weighted by Gasteiger charge is 2.44. The second kappa shape index (κ2) is 6.79. The number of nitrogens with one attached hydrogen (secondary N) is 1. The van der Waals surface area contributed by atoms with E-state index in [-0.39, 0.29) is 23.8 Å². The van der Waals surface area contributed by atoms with Gasteiger partial charge in [0.25, 0.3) is 0 Å². The van der Waals surface area contributed by atoms with Crippen LogP contribution in [-0.2, 0) is 9.59 Å². The van der Waals surface area contributed by atoms with E-state index < -0.39 is 0 Å². The minimum atomic E-state index is -0.181. The minimum Gasteiger partial charge on any atom is -0.335 e. The fraction of sp³-hybridized carbons (Fsp3) is 0.600. The van der Waals surface area contributed by atoms with Gasteiger partial charge in [0.05, 0.1) is 12.0 Å². The fourth-order valence-corrected chi connectivity index (χ4v) is 4.74. The first-order valence-electron chi connectivity index (χ1n) is 9.52. The number of carbonyl (C=O) groups excluding carboxylic acids is 2. The summed E-state index contributed by atoms with van der Waals surface area (Å²) in [7, 11) is 0. The third kappa shape index (κ3) is 3.06. The molecule has 3 aliphatic heterocycles. The number of benzene rings is 1. The van der Waals surface area contributed by atoms with Gasteiger partial charge < -0.3 is 15.1 Å². The van der Waals surface area contributed by atoms with Crippen molar-refractivity contribution in [2.24, 2.45) is 5.92 Å². The second-order valence-corrected chi connectivity index (χ2v) is 7.66. The molecule has 3 aliphatic rings. The molecule has 0 aliphatic carbocycles. The van der Waals surface area contributed by atoms with Crippen LogP contribution < -0.4 is 5.32 Å². The second-order valence-electron chi connectivity index (χ2n) is 7.66. The molecule has 3 heterocycles. The predicted octanol–water partition coefficient (Wildman–Crippen LogP) is 1.95. The lowest BCUT2D eigenvalue weighted by Crippen LogP contribution is -2.46. The largest absolute Gasteiger partial charge is 0.335 e. The Morgan fingerprint density at radius 2 is 1.92 bits per heavy atom. The monoisotopic (exact) mass is 341 g/mol. The first-order valence-corrected chi connectivity index (χ1v) is 9.52. The van der Waals surface area contributed by atoms with Gasteiger partial charge in [0.2, 0.25) is 11.8 Å². The van der Waals surface area contributed by atoms with Crippen molar-refractivity contribution >= 4 is 11.8 Å². The lowest BCUT2D eigenvalue weighted by Gasteiger charge is -2.31. The van der Waals surface area contributed by atoms with Crippen molar-refractivity contribution in [2.45, 2.75) is 50.7 Å².